The molecule has 0 spiro atoms. The summed E-state index contributed by atoms with van der Waals surface area (Å²) < 4.78 is 0. The van der Waals surface area contributed by atoms with Gasteiger partial charge in [0.15, 0.2) is 6.29 Å². The van der Waals surface area contributed by atoms with Crippen molar-refractivity contribution < 1.29 is 20.4 Å². The molecule has 4 N–H and O–H groups in total. The number of rotatable bonds is 2. The molecule has 0 unspecified atom stereocenters. The monoisotopic (exact) mass is 154 g/mol. The van der Waals surface area contributed by atoms with Crippen molar-refractivity contribution >= 4 is 0 Å². The zero-order valence-electron chi connectivity index (χ0n) is 6.78. The van der Waals surface area contributed by atoms with E-state index >= 15 is 0 Å². The van der Waals surface area contributed by atoms with Crippen molar-refractivity contribution in [1.29, 1.82) is 0 Å². The van der Waals surface area contributed by atoms with Crippen LogP contribution in [-0.4, -0.2) is 40.9 Å². The van der Waals surface area contributed by atoms with Crippen molar-refractivity contribution in [1.82, 2.24) is 0 Å². The van der Waals surface area contributed by atoms with E-state index in [0.29, 0.717) is 6.42 Å². The van der Waals surface area contributed by atoms with Crippen LogP contribution in [0.5, 0.6) is 0 Å². The van der Waals surface area contributed by atoms with Gasteiger partial charge in [0.25, 0.3) is 0 Å². The zero-order chi connectivity index (χ0) is 8.99. The molecule has 0 saturated carbocycles. The molecule has 0 aromatic rings. The molecule has 10 heavy (non-hydrogen) atoms. The molecule has 0 aromatic carbocycles. The van der Waals surface area contributed by atoms with E-state index in [1.165, 1.54) is 0 Å². The SMILES string of the molecule is CCCC(O)O.CO.CO. The fourth-order valence-electron chi connectivity index (χ4n) is 0.258. The Morgan fingerprint density at radius 3 is 1.30 bits per heavy atom. The summed E-state index contributed by atoms with van der Waals surface area (Å²) in [6.07, 6.45) is 0.215. The molecule has 0 aliphatic carbocycles. The van der Waals surface area contributed by atoms with Crippen LogP contribution < -0.4 is 0 Å². The maximum absolute atomic E-state index is 8.11. The molecule has 0 atom stereocenters. The number of hydrogen-bond acceptors (Lipinski definition) is 4. The molecule has 0 fully saturated rings. The predicted molar refractivity (Wildman–Crippen MR) is 39.4 cm³/mol. The van der Waals surface area contributed by atoms with Crippen LogP contribution in [0.25, 0.3) is 0 Å². The molecule has 0 heterocycles. The first kappa shape index (κ1) is 16.4. The van der Waals surface area contributed by atoms with E-state index in [1.54, 1.807) is 0 Å². The zero-order valence-corrected chi connectivity index (χ0v) is 6.78. The second kappa shape index (κ2) is 23.2. The van der Waals surface area contributed by atoms with E-state index in [1.807, 2.05) is 6.92 Å². The highest BCUT2D eigenvalue weighted by Crippen LogP contribution is 1.88. The molecular weight excluding hydrogens is 136 g/mol. The lowest BCUT2D eigenvalue weighted by Crippen LogP contribution is -2.01. The predicted octanol–water partition coefficient (Wildman–Crippen LogP) is -0.686. The van der Waals surface area contributed by atoms with Gasteiger partial charge in [-0.3, -0.25) is 0 Å². The lowest BCUT2D eigenvalue weighted by molar-refractivity contribution is -0.0453. The van der Waals surface area contributed by atoms with Crippen LogP contribution in [0.3, 0.4) is 0 Å². The highest BCUT2D eigenvalue weighted by Gasteiger charge is 1.89. The van der Waals surface area contributed by atoms with E-state index in [-0.39, 0.29) is 0 Å². The highest BCUT2D eigenvalue weighted by atomic mass is 16.5. The van der Waals surface area contributed by atoms with Crippen molar-refractivity contribution in [2.75, 3.05) is 14.2 Å². The van der Waals surface area contributed by atoms with Crippen LogP contribution in [0.15, 0.2) is 0 Å². The van der Waals surface area contributed by atoms with Gasteiger partial charge in [0, 0.05) is 14.2 Å². The normalized spacial score (nSPS) is 7.20. The van der Waals surface area contributed by atoms with Gasteiger partial charge in [0.1, 0.15) is 0 Å². The summed E-state index contributed by atoms with van der Waals surface area (Å²) in [7, 11) is 2.00. The highest BCUT2D eigenvalue weighted by molar-refractivity contribution is 4.31. The Bertz CT molecular complexity index is 30.9. The Morgan fingerprint density at radius 1 is 1.00 bits per heavy atom. The Kier molecular flexibility index (Phi) is 38.1. The third-order valence-corrected chi connectivity index (χ3v) is 0.547. The second-order valence-electron chi connectivity index (χ2n) is 1.27. The molecule has 0 radical (unpaired) electrons. The number of aliphatic hydroxyl groups excluding tert-OH is 3. The minimum absolute atomic E-state index is 0.486. The van der Waals surface area contributed by atoms with Gasteiger partial charge >= 0.3 is 0 Å². The largest absolute Gasteiger partial charge is 0.400 e. The Hall–Kier alpha value is -0.160. The summed E-state index contributed by atoms with van der Waals surface area (Å²) in [6.45, 7) is 1.90. The van der Waals surface area contributed by atoms with Gasteiger partial charge in [-0.05, 0) is 6.42 Å². The lowest BCUT2D eigenvalue weighted by Gasteiger charge is -1.94. The minimum Gasteiger partial charge on any atom is -0.400 e. The summed E-state index contributed by atoms with van der Waals surface area (Å²) >= 11 is 0. The van der Waals surface area contributed by atoms with Crippen molar-refractivity contribution in [3.05, 3.63) is 0 Å². The van der Waals surface area contributed by atoms with Gasteiger partial charge < -0.3 is 20.4 Å². The number of aliphatic hydroxyl groups is 4. The fourth-order valence-corrected chi connectivity index (χ4v) is 0.258. The van der Waals surface area contributed by atoms with Crippen LogP contribution >= 0.6 is 0 Å². The van der Waals surface area contributed by atoms with E-state index in [4.69, 9.17) is 20.4 Å². The summed E-state index contributed by atoms with van der Waals surface area (Å²) in [5, 5.41) is 30.2. The van der Waals surface area contributed by atoms with E-state index in [0.717, 1.165) is 20.6 Å². The van der Waals surface area contributed by atoms with Crippen LogP contribution in [0.4, 0.5) is 0 Å². The Morgan fingerprint density at radius 2 is 1.30 bits per heavy atom. The van der Waals surface area contributed by atoms with E-state index < -0.39 is 6.29 Å². The minimum atomic E-state index is -1.10. The van der Waals surface area contributed by atoms with Gasteiger partial charge in [-0.25, -0.2) is 0 Å². The molecule has 0 rings (SSSR count). The standard InChI is InChI=1S/C4H10O2.2CH4O/c1-2-3-4(5)6;2*1-2/h4-6H,2-3H2,1H3;2*2H,1H3. The molecule has 66 valence electrons. The van der Waals surface area contributed by atoms with Crippen LogP contribution in [0.1, 0.15) is 19.8 Å². The van der Waals surface area contributed by atoms with Gasteiger partial charge in [-0.2, -0.15) is 0 Å². The molecule has 0 amide bonds. The lowest BCUT2D eigenvalue weighted by atomic mass is 10.3. The summed E-state index contributed by atoms with van der Waals surface area (Å²) in [5.74, 6) is 0. The third kappa shape index (κ3) is 45.5. The molecule has 4 heteroatoms. The van der Waals surface area contributed by atoms with E-state index in [2.05, 4.69) is 0 Å². The summed E-state index contributed by atoms with van der Waals surface area (Å²) in [4.78, 5) is 0. The maximum Gasteiger partial charge on any atom is 0.151 e. The molecule has 0 aliphatic rings. The van der Waals surface area contributed by atoms with Crippen molar-refractivity contribution in [2.45, 2.75) is 26.1 Å². The van der Waals surface area contributed by atoms with Crippen LogP contribution in [0.2, 0.25) is 0 Å². The summed E-state index contributed by atoms with van der Waals surface area (Å²) in [6, 6.07) is 0. The second-order valence-corrected chi connectivity index (χ2v) is 1.27. The first-order valence-corrected chi connectivity index (χ1v) is 3.03. The quantitative estimate of drug-likeness (QED) is 0.397. The first-order chi connectivity index (χ1) is 4.77. The fraction of sp³-hybridized carbons (Fsp3) is 1.00. The van der Waals surface area contributed by atoms with Crippen LogP contribution in [-0.2, 0) is 0 Å². The van der Waals surface area contributed by atoms with Gasteiger partial charge in [-0.15, -0.1) is 0 Å². The molecular formula is C6H18O4. The van der Waals surface area contributed by atoms with Crippen molar-refractivity contribution in [3.63, 3.8) is 0 Å². The van der Waals surface area contributed by atoms with Crippen molar-refractivity contribution in [3.8, 4) is 0 Å². The average molecular weight is 154 g/mol. The number of hydrogen-bond donors (Lipinski definition) is 4. The smallest absolute Gasteiger partial charge is 0.151 e. The Balaban J connectivity index is -0.000000105. The molecule has 0 aromatic heterocycles. The summed E-state index contributed by atoms with van der Waals surface area (Å²) in [5.41, 5.74) is 0. The Labute approximate surface area is 61.8 Å². The van der Waals surface area contributed by atoms with Crippen LogP contribution in [0, 0.1) is 0 Å². The average Bonchev–Trinajstić information content (AvgIpc) is 1.96. The molecule has 4 nitrogen and oxygen atoms in total. The van der Waals surface area contributed by atoms with Gasteiger partial charge in [0.05, 0.1) is 0 Å². The maximum atomic E-state index is 8.11. The topological polar surface area (TPSA) is 80.9 Å². The molecule has 0 bridgehead atoms. The molecule has 0 aliphatic heterocycles. The van der Waals surface area contributed by atoms with Crippen molar-refractivity contribution in [2.24, 2.45) is 0 Å². The third-order valence-electron chi connectivity index (χ3n) is 0.547. The first-order valence-electron chi connectivity index (χ1n) is 3.03. The van der Waals surface area contributed by atoms with E-state index in [9.17, 15) is 0 Å². The molecule has 0 saturated heterocycles. The van der Waals surface area contributed by atoms with Gasteiger partial charge in [0.2, 0.25) is 0 Å². The van der Waals surface area contributed by atoms with Gasteiger partial charge in [-0.1, -0.05) is 13.3 Å².